The fourth-order valence-electron chi connectivity index (χ4n) is 1.94. The average molecular weight is 301 g/mol. The number of ether oxygens (including phenoxy) is 2. The van der Waals surface area contributed by atoms with Gasteiger partial charge in [0.2, 0.25) is 5.88 Å². The minimum atomic E-state index is 0.366. The molecule has 2 rings (SSSR count). The van der Waals surface area contributed by atoms with Gasteiger partial charge in [0.05, 0.1) is 6.61 Å². The number of anilines is 1. The Labute approximate surface area is 131 Å². The largest absolute Gasteiger partial charge is 0.478 e. The summed E-state index contributed by atoms with van der Waals surface area (Å²) in [6.45, 7) is 3.87. The van der Waals surface area contributed by atoms with Gasteiger partial charge in [0.1, 0.15) is 12.4 Å². The molecule has 0 aliphatic rings. The number of hydrogen-bond acceptors (Lipinski definition) is 5. The van der Waals surface area contributed by atoms with Crippen LogP contribution in [0.5, 0.6) is 5.88 Å². The Morgan fingerprint density at radius 3 is 2.68 bits per heavy atom. The van der Waals surface area contributed by atoms with Crippen molar-refractivity contribution < 1.29 is 9.47 Å². The molecule has 0 amide bonds. The van der Waals surface area contributed by atoms with Crippen molar-refractivity contribution in [2.45, 2.75) is 32.9 Å². The Balaban J connectivity index is 2.04. The fourth-order valence-corrected chi connectivity index (χ4v) is 1.94. The lowest BCUT2D eigenvalue weighted by molar-refractivity contribution is 0.176. The maximum atomic E-state index is 5.68. The van der Waals surface area contributed by atoms with E-state index >= 15 is 0 Å². The Kier molecular flexibility index (Phi) is 6.64. The zero-order valence-corrected chi connectivity index (χ0v) is 13.2. The Morgan fingerprint density at radius 2 is 1.95 bits per heavy atom. The second-order valence-corrected chi connectivity index (χ2v) is 4.98. The Bertz CT molecular complexity index is 561. The molecule has 2 aromatic rings. The molecular weight excluding hydrogens is 278 g/mol. The number of unbranched alkanes of at least 4 members (excludes halogenated alkanes) is 1. The van der Waals surface area contributed by atoms with Crippen molar-refractivity contribution in [2.24, 2.45) is 0 Å². The van der Waals surface area contributed by atoms with Crippen molar-refractivity contribution in [3.05, 3.63) is 47.8 Å². The van der Waals surface area contributed by atoms with Gasteiger partial charge >= 0.3 is 0 Å². The van der Waals surface area contributed by atoms with Crippen LogP contribution < -0.4 is 10.1 Å². The normalized spacial score (nSPS) is 10.5. The highest BCUT2D eigenvalue weighted by Gasteiger charge is 2.06. The van der Waals surface area contributed by atoms with E-state index in [4.69, 9.17) is 9.47 Å². The van der Waals surface area contributed by atoms with Gasteiger partial charge in [0, 0.05) is 19.7 Å². The summed E-state index contributed by atoms with van der Waals surface area (Å²) in [7, 11) is 1.63. The number of rotatable bonds is 9. The van der Waals surface area contributed by atoms with Gasteiger partial charge in [-0.2, -0.15) is 4.98 Å². The average Bonchev–Trinajstić information content (AvgIpc) is 2.54. The van der Waals surface area contributed by atoms with Crippen molar-refractivity contribution >= 4 is 5.82 Å². The second kappa shape index (κ2) is 9.00. The molecule has 0 aliphatic carbocycles. The molecule has 0 saturated carbocycles. The van der Waals surface area contributed by atoms with Gasteiger partial charge in [-0.15, -0.1) is 0 Å². The summed E-state index contributed by atoms with van der Waals surface area (Å²) in [6, 6.07) is 12.0. The van der Waals surface area contributed by atoms with E-state index in [0.29, 0.717) is 31.5 Å². The molecule has 0 saturated heterocycles. The topological polar surface area (TPSA) is 56.3 Å². The highest BCUT2D eigenvalue weighted by molar-refractivity contribution is 5.39. The zero-order valence-electron chi connectivity index (χ0n) is 13.2. The molecular formula is C17H23N3O2. The predicted octanol–water partition coefficient (Wildman–Crippen LogP) is 3.41. The van der Waals surface area contributed by atoms with E-state index in [9.17, 15) is 0 Å². The summed E-state index contributed by atoms with van der Waals surface area (Å²) >= 11 is 0. The number of nitrogens with zero attached hydrogens (tertiary/aromatic N) is 2. The van der Waals surface area contributed by atoms with E-state index in [1.807, 2.05) is 24.3 Å². The first-order valence-electron chi connectivity index (χ1n) is 7.59. The van der Waals surface area contributed by atoms with Gasteiger partial charge < -0.3 is 14.8 Å². The number of benzene rings is 1. The molecule has 0 aliphatic heterocycles. The van der Waals surface area contributed by atoms with Gasteiger partial charge in [-0.1, -0.05) is 43.7 Å². The van der Waals surface area contributed by atoms with Gasteiger partial charge in [0.25, 0.3) is 0 Å². The van der Waals surface area contributed by atoms with E-state index in [1.165, 1.54) is 5.56 Å². The third-order valence-corrected chi connectivity index (χ3v) is 3.09. The van der Waals surface area contributed by atoms with Crippen molar-refractivity contribution in [3.8, 4) is 5.88 Å². The number of aromatic nitrogens is 2. The first kappa shape index (κ1) is 16.2. The third kappa shape index (κ3) is 5.33. The van der Waals surface area contributed by atoms with Crippen LogP contribution >= 0.6 is 0 Å². The van der Waals surface area contributed by atoms with Crippen molar-refractivity contribution in [2.75, 3.05) is 19.0 Å². The molecule has 1 aromatic heterocycles. The van der Waals surface area contributed by atoms with Gasteiger partial charge in [-0.05, 0) is 12.0 Å². The number of nitrogens with one attached hydrogen (secondary N) is 1. The fraction of sp³-hybridized carbons (Fsp3) is 0.412. The van der Waals surface area contributed by atoms with Gasteiger partial charge in [0.15, 0.2) is 5.82 Å². The molecule has 5 heteroatoms. The smallest absolute Gasteiger partial charge is 0.218 e. The molecule has 1 heterocycles. The summed E-state index contributed by atoms with van der Waals surface area (Å²) in [6.07, 6.45) is 2.10. The van der Waals surface area contributed by atoms with Crippen LogP contribution in [0.1, 0.15) is 31.2 Å². The van der Waals surface area contributed by atoms with E-state index in [-0.39, 0.29) is 0 Å². The quantitative estimate of drug-likeness (QED) is 0.719. The molecule has 0 bridgehead atoms. The van der Waals surface area contributed by atoms with Gasteiger partial charge in [-0.25, -0.2) is 4.98 Å². The summed E-state index contributed by atoms with van der Waals surface area (Å²) < 4.78 is 10.8. The van der Waals surface area contributed by atoms with E-state index < -0.39 is 0 Å². The second-order valence-electron chi connectivity index (χ2n) is 4.98. The SMILES string of the molecule is CCCCOc1cc(NCc2ccccc2)nc(COC)n1. The molecule has 22 heavy (non-hydrogen) atoms. The maximum Gasteiger partial charge on any atom is 0.218 e. The van der Waals surface area contributed by atoms with Crippen LogP contribution in [0.2, 0.25) is 0 Å². The van der Waals surface area contributed by atoms with E-state index in [1.54, 1.807) is 7.11 Å². The van der Waals surface area contributed by atoms with Crippen molar-refractivity contribution in [1.29, 1.82) is 0 Å². The molecule has 118 valence electrons. The van der Waals surface area contributed by atoms with Crippen LogP contribution in [-0.4, -0.2) is 23.7 Å². The van der Waals surface area contributed by atoms with Crippen LogP contribution in [0.25, 0.3) is 0 Å². The summed E-state index contributed by atoms with van der Waals surface area (Å²) in [5.74, 6) is 1.95. The molecule has 0 spiro atoms. The summed E-state index contributed by atoms with van der Waals surface area (Å²) in [5.41, 5.74) is 1.20. The lowest BCUT2D eigenvalue weighted by atomic mass is 10.2. The number of hydrogen-bond donors (Lipinski definition) is 1. The van der Waals surface area contributed by atoms with Crippen LogP contribution in [0.4, 0.5) is 5.82 Å². The summed E-state index contributed by atoms with van der Waals surface area (Å²) in [4.78, 5) is 8.79. The lowest BCUT2D eigenvalue weighted by Gasteiger charge is -2.10. The van der Waals surface area contributed by atoms with Crippen molar-refractivity contribution in [3.63, 3.8) is 0 Å². The highest BCUT2D eigenvalue weighted by Crippen LogP contribution is 2.15. The monoisotopic (exact) mass is 301 g/mol. The first-order valence-corrected chi connectivity index (χ1v) is 7.59. The van der Waals surface area contributed by atoms with Crippen LogP contribution in [-0.2, 0) is 17.9 Å². The molecule has 5 nitrogen and oxygen atoms in total. The predicted molar refractivity (Wildman–Crippen MR) is 86.9 cm³/mol. The minimum absolute atomic E-state index is 0.366. The van der Waals surface area contributed by atoms with Crippen LogP contribution in [0.3, 0.4) is 0 Å². The molecule has 1 N–H and O–H groups in total. The molecule has 0 unspecified atom stereocenters. The van der Waals surface area contributed by atoms with E-state index in [0.717, 1.165) is 18.7 Å². The molecule has 0 fully saturated rings. The standard InChI is InChI=1S/C17H23N3O2/c1-3-4-10-22-17-11-15(19-16(20-17)13-21-2)18-12-14-8-6-5-7-9-14/h5-9,11H,3-4,10,12-13H2,1-2H3,(H,18,19,20). The molecule has 0 radical (unpaired) electrons. The minimum Gasteiger partial charge on any atom is -0.478 e. The van der Waals surface area contributed by atoms with Crippen molar-refractivity contribution in [1.82, 2.24) is 9.97 Å². The Morgan fingerprint density at radius 1 is 1.14 bits per heavy atom. The number of methoxy groups -OCH3 is 1. The van der Waals surface area contributed by atoms with E-state index in [2.05, 4.69) is 34.3 Å². The highest BCUT2D eigenvalue weighted by atomic mass is 16.5. The molecule has 1 aromatic carbocycles. The summed E-state index contributed by atoms with van der Waals surface area (Å²) in [5, 5.41) is 3.30. The van der Waals surface area contributed by atoms with Crippen LogP contribution in [0.15, 0.2) is 36.4 Å². The first-order chi connectivity index (χ1) is 10.8. The lowest BCUT2D eigenvalue weighted by Crippen LogP contribution is -2.08. The van der Waals surface area contributed by atoms with Gasteiger partial charge in [-0.3, -0.25) is 0 Å². The zero-order chi connectivity index (χ0) is 15.6. The maximum absolute atomic E-state index is 5.68. The third-order valence-electron chi connectivity index (χ3n) is 3.09. The Hall–Kier alpha value is -2.14. The molecule has 0 atom stereocenters. The van der Waals surface area contributed by atoms with Crippen LogP contribution in [0, 0.1) is 0 Å².